The first-order valence-corrected chi connectivity index (χ1v) is 6.75. The van der Waals surface area contributed by atoms with Gasteiger partial charge >= 0.3 is 5.97 Å². The molecule has 0 saturated heterocycles. The Morgan fingerprint density at radius 3 is 2.39 bits per heavy atom. The molecule has 0 spiro atoms. The first-order valence-electron chi connectivity index (χ1n) is 6.75. The van der Waals surface area contributed by atoms with Gasteiger partial charge in [-0.05, 0) is 44.9 Å². The van der Waals surface area contributed by atoms with Crippen LogP contribution in [0.15, 0.2) is 0 Å². The molecule has 2 N–H and O–H groups in total. The van der Waals surface area contributed by atoms with Gasteiger partial charge in [0.05, 0.1) is 5.41 Å². The molecule has 0 aliphatic heterocycles. The minimum absolute atomic E-state index is 0.0428. The number of carboxylic acid groups (broad SMARTS) is 1. The van der Waals surface area contributed by atoms with Gasteiger partial charge in [-0.25, -0.2) is 0 Å². The first kappa shape index (κ1) is 15.0. The van der Waals surface area contributed by atoms with E-state index < -0.39 is 11.4 Å². The van der Waals surface area contributed by atoms with Crippen LogP contribution in [0.4, 0.5) is 0 Å². The van der Waals surface area contributed by atoms with E-state index in [1.165, 1.54) is 0 Å². The Hall–Kier alpha value is -1.06. The van der Waals surface area contributed by atoms with Gasteiger partial charge in [-0.15, -0.1) is 0 Å². The summed E-state index contributed by atoms with van der Waals surface area (Å²) < 4.78 is 0. The molecule has 1 rings (SSSR count). The Balaban J connectivity index is 2.48. The van der Waals surface area contributed by atoms with Crippen molar-refractivity contribution in [3.63, 3.8) is 0 Å². The molecule has 104 valence electrons. The van der Waals surface area contributed by atoms with Crippen molar-refractivity contribution in [1.82, 2.24) is 5.32 Å². The van der Waals surface area contributed by atoms with E-state index in [1.807, 2.05) is 0 Å². The van der Waals surface area contributed by atoms with E-state index in [0.29, 0.717) is 5.92 Å². The van der Waals surface area contributed by atoms with E-state index in [0.717, 1.165) is 25.2 Å². The summed E-state index contributed by atoms with van der Waals surface area (Å²) in [4.78, 5) is 22.9. The van der Waals surface area contributed by atoms with Gasteiger partial charge in [0, 0.05) is 12.5 Å². The summed E-state index contributed by atoms with van der Waals surface area (Å²) in [5.74, 6) is 0.131. The summed E-state index contributed by atoms with van der Waals surface area (Å²) in [6.45, 7) is 7.56. The third-order valence-corrected chi connectivity index (χ3v) is 3.96. The molecular weight excluding hydrogens is 230 g/mol. The van der Waals surface area contributed by atoms with Crippen LogP contribution in [0.3, 0.4) is 0 Å². The molecule has 0 bridgehead atoms. The summed E-state index contributed by atoms with van der Waals surface area (Å²) >= 11 is 0. The van der Waals surface area contributed by atoms with E-state index in [1.54, 1.807) is 13.8 Å². The number of rotatable bonds is 4. The zero-order valence-electron chi connectivity index (χ0n) is 11.8. The van der Waals surface area contributed by atoms with E-state index in [4.69, 9.17) is 5.11 Å². The number of carboxylic acids is 1. The van der Waals surface area contributed by atoms with Crippen molar-refractivity contribution < 1.29 is 14.7 Å². The van der Waals surface area contributed by atoms with Crippen molar-refractivity contribution in [1.29, 1.82) is 0 Å². The summed E-state index contributed by atoms with van der Waals surface area (Å²) in [7, 11) is 0. The van der Waals surface area contributed by atoms with Gasteiger partial charge in [0.25, 0.3) is 0 Å². The highest BCUT2D eigenvalue weighted by Crippen LogP contribution is 2.29. The highest BCUT2D eigenvalue weighted by molar-refractivity contribution is 5.84. The molecule has 4 heteroatoms. The second kappa shape index (κ2) is 5.72. The highest BCUT2D eigenvalue weighted by atomic mass is 16.4. The van der Waals surface area contributed by atoms with Gasteiger partial charge in [0.2, 0.25) is 5.91 Å². The Bertz CT molecular complexity index is 325. The Morgan fingerprint density at radius 2 is 1.89 bits per heavy atom. The smallest absolute Gasteiger partial charge is 0.309 e. The SMILES string of the molecule is CC1CCC(NC(=O)CC(C)(C)C(=O)O)C(C)C1. The van der Waals surface area contributed by atoms with Crippen molar-refractivity contribution in [2.24, 2.45) is 17.3 Å². The lowest BCUT2D eigenvalue weighted by atomic mass is 9.79. The lowest BCUT2D eigenvalue weighted by Crippen LogP contribution is -2.44. The molecule has 1 aliphatic rings. The predicted octanol–water partition coefficient (Wildman–Crippen LogP) is 2.43. The van der Waals surface area contributed by atoms with Crippen molar-refractivity contribution in [2.75, 3.05) is 0 Å². The zero-order chi connectivity index (χ0) is 13.9. The van der Waals surface area contributed by atoms with Crippen molar-refractivity contribution in [3.05, 3.63) is 0 Å². The average molecular weight is 255 g/mol. The standard InChI is InChI=1S/C14H25NO3/c1-9-5-6-11(10(2)7-9)15-12(16)8-14(3,4)13(17)18/h9-11H,5-8H2,1-4H3,(H,15,16)(H,17,18). The molecule has 3 unspecified atom stereocenters. The Kier molecular flexibility index (Phi) is 4.77. The van der Waals surface area contributed by atoms with Crippen LogP contribution < -0.4 is 5.32 Å². The number of hydrogen-bond acceptors (Lipinski definition) is 2. The molecule has 0 aromatic rings. The van der Waals surface area contributed by atoms with E-state index >= 15 is 0 Å². The van der Waals surface area contributed by atoms with Gasteiger partial charge in [-0.2, -0.15) is 0 Å². The van der Waals surface area contributed by atoms with Crippen LogP contribution in [0.1, 0.15) is 53.4 Å². The maximum atomic E-state index is 11.9. The van der Waals surface area contributed by atoms with Crippen LogP contribution in [0, 0.1) is 17.3 Å². The molecule has 0 radical (unpaired) electrons. The van der Waals surface area contributed by atoms with Crippen LogP contribution in [0.5, 0.6) is 0 Å². The first-order chi connectivity index (χ1) is 8.22. The van der Waals surface area contributed by atoms with Crippen molar-refractivity contribution in [3.8, 4) is 0 Å². The van der Waals surface area contributed by atoms with Crippen LogP contribution >= 0.6 is 0 Å². The number of aliphatic carboxylic acids is 1. The monoisotopic (exact) mass is 255 g/mol. The number of carbonyl (C=O) groups excluding carboxylic acids is 1. The molecule has 4 nitrogen and oxygen atoms in total. The fourth-order valence-corrected chi connectivity index (χ4v) is 2.61. The normalized spacial score (nSPS) is 28.8. The molecule has 1 amide bonds. The van der Waals surface area contributed by atoms with Gasteiger partial charge < -0.3 is 10.4 Å². The van der Waals surface area contributed by atoms with Gasteiger partial charge in [-0.1, -0.05) is 13.8 Å². The van der Waals surface area contributed by atoms with E-state index in [-0.39, 0.29) is 18.4 Å². The molecule has 1 aliphatic carbocycles. The third-order valence-electron chi connectivity index (χ3n) is 3.96. The number of carbonyl (C=O) groups is 2. The second-order valence-corrected chi connectivity index (χ2v) is 6.44. The predicted molar refractivity (Wildman–Crippen MR) is 70.1 cm³/mol. The lowest BCUT2D eigenvalue weighted by Gasteiger charge is -2.33. The van der Waals surface area contributed by atoms with Crippen LogP contribution in [-0.2, 0) is 9.59 Å². The van der Waals surface area contributed by atoms with Gasteiger partial charge in [-0.3, -0.25) is 9.59 Å². The molecule has 0 heterocycles. The largest absolute Gasteiger partial charge is 0.481 e. The summed E-state index contributed by atoms with van der Waals surface area (Å²) in [5, 5.41) is 12.0. The number of hydrogen-bond donors (Lipinski definition) is 2. The quantitative estimate of drug-likeness (QED) is 0.810. The fraction of sp³-hybridized carbons (Fsp3) is 0.857. The Labute approximate surface area is 109 Å². The molecule has 0 aromatic heterocycles. The zero-order valence-corrected chi connectivity index (χ0v) is 11.8. The minimum Gasteiger partial charge on any atom is -0.481 e. The molecule has 18 heavy (non-hydrogen) atoms. The summed E-state index contributed by atoms with van der Waals surface area (Å²) in [6.07, 6.45) is 3.31. The molecular formula is C14H25NO3. The van der Waals surface area contributed by atoms with Crippen molar-refractivity contribution >= 4 is 11.9 Å². The molecule has 1 saturated carbocycles. The number of nitrogens with one attached hydrogen (secondary N) is 1. The third kappa shape index (κ3) is 4.00. The molecule has 3 atom stereocenters. The molecule has 0 aromatic carbocycles. The average Bonchev–Trinajstić information content (AvgIpc) is 2.21. The van der Waals surface area contributed by atoms with Gasteiger partial charge in [0.1, 0.15) is 0 Å². The fourth-order valence-electron chi connectivity index (χ4n) is 2.61. The minimum atomic E-state index is -0.991. The second-order valence-electron chi connectivity index (χ2n) is 6.44. The lowest BCUT2D eigenvalue weighted by molar-refractivity contribution is -0.149. The highest BCUT2D eigenvalue weighted by Gasteiger charge is 2.32. The number of amides is 1. The van der Waals surface area contributed by atoms with E-state index in [9.17, 15) is 9.59 Å². The maximum Gasteiger partial charge on any atom is 0.309 e. The molecule has 1 fully saturated rings. The van der Waals surface area contributed by atoms with Crippen LogP contribution in [0.2, 0.25) is 0 Å². The van der Waals surface area contributed by atoms with E-state index in [2.05, 4.69) is 19.2 Å². The maximum absolute atomic E-state index is 11.9. The van der Waals surface area contributed by atoms with Crippen LogP contribution in [-0.4, -0.2) is 23.0 Å². The van der Waals surface area contributed by atoms with Crippen molar-refractivity contribution in [2.45, 2.75) is 59.4 Å². The van der Waals surface area contributed by atoms with Gasteiger partial charge in [0.15, 0.2) is 0 Å². The van der Waals surface area contributed by atoms with Crippen LogP contribution in [0.25, 0.3) is 0 Å². The summed E-state index contributed by atoms with van der Waals surface area (Å²) in [6, 6.07) is 0.207. The Morgan fingerprint density at radius 1 is 1.28 bits per heavy atom. The summed E-state index contributed by atoms with van der Waals surface area (Å²) in [5.41, 5.74) is -0.991. The topological polar surface area (TPSA) is 66.4 Å².